The largest absolute Gasteiger partial charge is 0.357 e. The van der Waals surface area contributed by atoms with Gasteiger partial charge < -0.3 is 9.88 Å². The third-order valence-electron chi connectivity index (χ3n) is 5.98. The number of benzene rings is 1. The van der Waals surface area contributed by atoms with Crippen LogP contribution in [-0.2, 0) is 11.2 Å². The number of hydrogen-bond donors (Lipinski definition) is 1. The van der Waals surface area contributed by atoms with E-state index in [-0.39, 0.29) is 5.91 Å². The number of aromatic nitrogens is 1. The third kappa shape index (κ3) is 2.78. The molecular weight excluding hydrogens is 310 g/mol. The molecule has 4 nitrogen and oxygen atoms in total. The zero-order chi connectivity index (χ0) is 17.6. The molecule has 0 spiro atoms. The summed E-state index contributed by atoms with van der Waals surface area (Å²) in [5, 5.41) is 1.37. The SMILES string of the molecule is C/C=C1\CN2CCc3c([nH]c4ccccc34)C2CC1CC(=O)N(C)C. The van der Waals surface area contributed by atoms with Crippen LogP contribution in [0, 0.1) is 5.92 Å². The van der Waals surface area contributed by atoms with Crippen molar-refractivity contribution in [1.82, 2.24) is 14.8 Å². The summed E-state index contributed by atoms with van der Waals surface area (Å²) in [5.74, 6) is 0.573. The first kappa shape index (κ1) is 16.4. The van der Waals surface area contributed by atoms with Crippen LogP contribution in [0.5, 0.6) is 0 Å². The minimum atomic E-state index is 0.227. The number of carbonyl (C=O) groups is 1. The van der Waals surface area contributed by atoms with Crippen molar-refractivity contribution >= 4 is 16.8 Å². The molecule has 2 aromatic rings. The molecule has 1 aromatic carbocycles. The van der Waals surface area contributed by atoms with E-state index >= 15 is 0 Å². The minimum Gasteiger partial charge on any atom is -0.357 e. The monoisotopic (exact) mass is 337 g/mol. The predicted octanol–water partition coefficient (Wildman–Crippen LogP) is 3.51. The fourth-order valence-corrected chi connectivity index (χ4v) is 4.54. The van der Waals surface area contributed by atoms with Crippen molar-refractivity contribution in [3.8, 4) is 0 Å². The Morgan fingerprint density at radius 3 is 2.92 bits per heavy atom. The molecule has 0 aliphatic carbocycles. The van der Waals surface area contributed by atoms with E-state index in [0.29, 0.717) is 18.4 Å². The molecule has 1 amide bonds. The molecule has 2 atom stereocenters. The average Bonchev–Trinajstić information content (AvgIpc) is 3.00. The van der Waals surface area contributed by atoms with Crippen LogP contribution in [0.2, 0.25) is 0 Å². The topological polar surface area (TPSA) is 39.3 Å². The van der Waals surface area contributed by atoms with Crippen LogP contribution in [0.4, 0.5) is 0 Å². The predicted molar refractivity (Wildman–Crippen MR) is 101 cm³/mol. The van der Waals surface area contributed by atoms with Gasteiger partial charge in [0.2, 0.25) is 5.91 Å². The van der Waals surface area contributed by atoms with Crippen LogP contribution < -0.4 is 0 Å². The second-order valence-corrected chi connectivity index (χ2v) is 7.59. The Kier molecular flexibility index (Phi) is 4.16. The molecule has 2 unspecified atom stereocenters. The van der Waals surface area contributed by atoms with Crippen LogP contribution in [0.15, 0.2) is 35.9 Å². The first-order valence-electron chi connectivity index (χ1n) is 9.27. The Bertz CT molecular complexity index is 833. The van der Waals surface area contributed by atoms with Gasteiger partial charge >= 0.3 is 0 Å². The standard InChI is InChI=1S/C21H27N3O/c1-4-14-13-24-10-9-17-16-7-5-6-8-18(16)22-21(17)19(24)11-15(14)12-20(25)23(2)3/h4-8,15,19,22H,9-13H2,1-3H3/b14-4+. The smallest absolute Gasteiger partial charge is 0.222 e. The number of nitrogens with one attached hydrogen (secondary N) is 1. The summed E-state index contributed by atoms with van der Waals surface area (Å²) < 4.78 is 0. The van der Waals surface area contributed by atoms with Crippen molar-refractivity contribution in [3.63, 3.8) is 0 Å². The molecule has 4 rings (SSSR count). The molecule has 4 heteroatoms. The number of aromatic amines is 1. The van der Waals surface area contributed by atoms with Gasteiger partial charge in [0.1, 0.15) is 0 Å². The second kappa shape index (κ2) is 6.34. The zero-order valence-electron chi connectivity index (χ0n) is 15.4. The maximum atomic E-state index is 12.3. The van der Waals surface area contributed by atoms with Crippen molar-refractivity contribution in [1.29, 1.82) is 0 Å². The normalized spacial score (nSPS) is 25.0. The van der Waals surface area contributed by atoms with Crippen LogP contribution in [0.3, 0.4) is 0 Å². The maximum absolute atomic E-state index is 12.3. The third-order valence-corrected chi connectivity index (χ3v) is 5.98. The molecule has 0 bridgehead atoms. The van der Waals surface area contributed by atoms with Crippen LogP contribution in [0.1, 0.15) is 37.1 Å². The zero-order valence-corrected chi connectivity index (χ0v) is 15.4. The minimum absolute atomic E-state index is 0.227. The maximum Gasteiger partial charge on any atom is 0.222 e. The number of piperidine rings is 1. The lowest BCUT2D eigenvalue weighted by Gasteiger charge is -2.43. The number of carbonyl (C=O) groups excluding carboxylic acids is 1. The number of allylic oxidation sites excluding steroid dienone is 1. The van der Waals surface area contributed by atoms with Gasteiger partial charge in [-0.15, -0.1) is 0 Å². The number of nitrogens with zero attached hydrogens (tertiary/aromatic N) is 2. The summed E-state index contributed by atoms with van der Waals surface area (Å²) in [7, 11) is 3.70. The van der Waals surface area contributed by atoms with Crippen molar-refractivity contribution in [2.45, 2.75) is 32.2 Å². The summed E-state index contributed by atoms with van der Waals surface area (Å²) in [6.07, 6.45) is 4.98. The van der Waals surface area contributed by atoms with Gasteiger partial charge in [0, 0.05) is 50.2 Å². The van der Waals surface area contributed by atoms with Gasteiger partial charge in [0.15, 0.2) is 0 Å². The summed E-state index contributed by atoms with van der Waals surface area (Å²) in [4.78, 5) is 20.3. The quantitative estimate of drug-likeness (QED) is 0.852. The molecule has 1 aromatic heterocycles. The Morgan fingerprint density at radius 1 is 1.36 bits per heavy atom. The summed E-state index contributed by atoms with van der Waals surface area (Å²) in [6, 6.07) is 9.03. The fraction of sp³-hybridized carbons (Fsp3) is 0.476. The van der Waals surface area contributed by atoms with E-state index in [1.54, 1.807) is 4.90 Å². The van der Waals surface area contributed by atoms with Crippen LogP contribution in [-0.4, -0.2) is 47.9 Å². The summed E-state index contributed by atoms with van der Waals surface area (Å²) >= 11 is 0. The molecule has 2 aliphatic heterocycles. The highest BCUT2D eigenvalue weighted by molar-refractivity contribution is 5.85. The molecule has 0 radical (unpaired) electrons. The van der Waals surface area contributed by atoms with E-state index in [4.69, 9.17) is 0 Å². The number of amides is 1. The molecule has 0 saturated carbocycles. The average molecular weight is 337 g/mol. The Hall–Kier alpha value is -2.07. The van der Waals surface area contributed by atoms with Gasteiger partial charge in [-0.2, -0.15) is 0 Å². The molecule has 25 heavy (non-hydrogen) atoms. The lowest BCUT2D eigenvalue weighted by Crippen LogP contribution is -2.43. The second-order valence-electron chi connectivity index (χ2n) is 7.59. The molecule has 1 saturated heterocycles. The highest BCUT2D eigenvalue weighted by Crippen LogP contribution is 2.43. The number of hydrogen-bond acceptors (Lipinski definition) is 2. The van der Waals surface area contributed by atoms with E-state index in [2.05, 4.69) is 47.1 Å². The molecule has 1 N–H and O–H groups in total. The first-order valence-corrected chi connectivity index (χ1v) is 9.27. The molecular formula is C21H27N3O. The van der Waals surface area contributed by atoms with Crippen molar-refractivity contribution in [2.24, 2.45) is 5.92 Å². The lowest BCUT2D eigenvalue weighted by atomic mass is 9.80. The van der Waals surface area contributed by atoms with Crippen molar-refractivity contribution in [3.05, 3.63) is 47.2 Å². The first-order chi connectivity index (χ1) is 12.1. The highest BCUT2D eigenvalue weighted by atomic mass is 16.2. The van der Waals surface area contributed by atoms with Crippen LogP contribution >= 0.6 is 0 Å². The Morgan fingerprint density at radius 2 is 2.16 bits per heavy atom. The highest BCUT2D eigenvalue weighted by Gasteiger charge is 2.38. The summed E-state index contributed by atoms with van der Waals surface area (Å²) in [5.41, 5.74) is 5.53. The van der Waals surface area contributed by atoms with E-state index in [1.165, 1.54) is 27.7 Å². The molecule has 3 heterocycles. The van der Waals surface area contributed by atoms with Gasteiger partial charge in [0.05, 0.1) is 6.04 Å². The van der Waals surface area contributed by atoms with Gasteiger partial charge in [-0.25, -0.2) is 0 Å². The van der Waals surface area contributed by atoms with E-state index in [9.17, 15) is 4.79 Å². The van der Waals surface area contributed by atoms with Crippen molar-refractivity contribution < 1.29 is 4.79 Å². The molecule has 132 valence electrons. The number of fused-ring (bicyclic) bond motifs is 5. The van der Waals surface area contributed by atoms with Crippen LogP contribution in [0.25, 0.3) is 10.9 Å². The Labute approximate surface area is 149 Å². The van der Waals surface area contributed by atoms with E-state index < -0.39 is 0 Å². The number of rotatable bonds is 2. The summed E-state index contributed by atoms with van der Waals surface area (Å²) in [6.45, 7) is 4.20. The Balaban J connectivity index is 1.67. The van der Waals surface area contributed by atoms with Gasteiger partial charge in [-0.1, -0.05) is 29.8 Å². The van der Waals surface area contributed by atoms with E-state index in [0.717, 1.165) is 25.9 Å². The number of para-hydroxylation sites is 1. The van der Waals surface area contributed by atoms with Gasteiger partial charge in [-0.05, 0) is 37.3 Å². The lowest BCUT2D eigenvalue weighted by molar-refractivity contribution is -0.129. The molecule has 2 aliphatic rings. The van der Waals surface area contributed by atoms with Crippen molar-refractivity contribution in [2.75, 3.05) is 27.2 Å². The molecule has 1 fully saturated rings. The number of H-pyrrole nitrogens is 1. The fourth-order valence-electron chi connectivity index (χ4n) is 4.54. The van der Waals surface area contributed by atoms with Gasteiger partial charge in [0.25, 0.3) is 0 Å². The van der Waals surface area contributed by atoms with E-state index in [1.807, 2.05) is 14.1 Å². The van der Waals surface area contributed by atoms with Gasteiger partial charge in [-0.3, -0.25) is 9.69 Å².